The van der Waals surface area contributed by atoms with Crippen LogP contribution in [0.2, 0.25) is 0 Å². The largest absolute Gasteiger partial charge is 0.302 e. The molecule has 0 unspecified atom stereocenters. The van der Waals surface area contributed by atoms with E-state index in [4.69, 9.17) is 0 Å². The lowest BCUT2D eigenvalue weighted by Crippen LogP contribution is -2.13. The molecule has 1 aromatic carbocycles. The molecule has 0 saturated carbocycles. The molecule has 0 spiro atoms. The van der Waals surface area contributed by atoms with Crippen LogP contribution in [0, 0.1) is 5.82 Å². The van der Waals surface area contributed by atoms with Gasteiger partial charge in [0.25, 0.3) is 0 Å². The highest BCUT2D eigenvalue weighted by Gasteiger charge is 2.09. The molecule has 0 radical (unpaired) electrons. The summed E-state index contributed by atoms with van der Waals surface area (Å²) in [5, 5.41) is 7.03. The van der Waals surface area contributed by atoms with Gasteiger partial charge in [-0.15, -0.1) is 22.7 Å². The van der Waals surface area contributed by atoms with Gasteiger partial charge in [0.05, 0.1) is 12.1 Å². The second-order valence-corrected chi connectivity index (χ2v) is 6.24. The van der Waals surface area contributed by atoms with Crippen molar-refractivity contribution in [1.82, 2.24) is 4.98 Å². The molecule has 0 aliphatic carbocycles. The Morgan fingerprint density at radius 2 is 2.14 bits per heavy atom. The summed E-state index contributed by atoms with van der Waals surface area (Å²) >= 11 is 2.88. The van der Waals surface area contributed by atoms with E-state index in [9.17, 15) is 9.18 Å². The molecule has 106 valence electrons. The number of carbonyl (C=O) groups excluding carboxylic acids is 1. The first-order valence-corrected chi connectivity index (χ1v) is 8.00. The van der Waals surface area contributed by atoms with Gasteiger partial charge in [0.1, 0.15) is 5.82 Å². The van der Waals surface area contributed by atoms with Gasteiger partial charge >= 0.3 is 0 Å². The lowest BCUT2D eigenvalue weighted by atomic mass is 10.2. The van der Waals surface area contributed by atoms with Crippen LogP contribution in [0.5, 0.6) is 0 Å². The van der Waals surface area contributed by atoms with Crippen molar-refractivity contribution >= 4 is 33.7 Å². The summed E-state index contributed by atoms with van der Waals surface area (Å²) in [5.74, 6) is -0.402. The van der Waals surface area contributed by atoms with Gasteiger partial charge < -0.3 is 5.32 Å². The first-order valence-electron chi connectivity index (χ1n) is 6.24. The fourth-order valence-electron chi connectivity index (χ4n) is 1.85. The molecule has 0 atom stereocenters. The normalized spacial score (nSPS) is 10.5. The van der Waals surface area contributed by atoms with Crippen molar-refractivity contribution in [2.24, 2.45) is 0 Å². The van der Waals surface area contributed by atoms with E-state index in [-0.39, 0.29) is 11.7 Å². The summed E-state index contributed by atoms with van der Waals surface area (Å²) in [6, 6.07) is 10.1. The predicted octanol–water partition coefficient (Wildman–Crippen LogP) is 4.19. The van der Waals surface area contributed by atoms with E-state index in [1.807, 2.05) is 17.5 Å². The van der Waals surface area contributed by atoms with Crippen LogP contribution in [0.25, 0.3) is 11.3 Å². The highest BCUT2D eigenvalue weighted by molar-refractivity contribution is 7.14. The summed E-state index contributed by atoms with van der Waals surface area (Å²) in [6.07, 6.45) is 0.340. The second-order valence-electron chi connectivity index (χ2n) is 4.35. The van der Waals surface area contributed by atoms with Crippen LogP contribution in [0.4, 0.5) is 9.52 Å². The molecule has 3 aromatic rings. The van der Waals surface area contributed by atoms with E-state index in [0.717, 1.165) is 4.88 Å². The Kier molecular flexibility index (Phi) is 4.08. The second kappa shape index (κ2) is 6.15. The number of aromatic nitrogens is 1. The van der Waals surface area contributed by atoms with Gasteiger partial charge in [-0.3, -0.25) is 4.79 Å². The number of halogens is 1. The standard InChI is InChI=1S/C15H11FN2OS2/c16-11-4-1-3-10(7-11)13-9-21-15(17-13)18-14(19)8-12-5-2-6-20-12/h1-7,9H,8H2,(H,17,18,19). The first kappa shape index (κ1) is 13.9. The summed E-state index contributed by atoms with van der Waals surface area (Å²) < 4.78 is 13.2. The number of carbonyl (C=O) groups is 1. The van der Waals surface area contributed by atoms with Crippen LogP contribution >= 0.6 is 22.7 Å². The lowest BCUT2D eigenvalue weighted by molar-refractivity contribution is -0.115. The third kappa shape index (κ3) is 3.53. The fraction of sp³-hybridized carbons (Fsp3) is 0.0667. The van der Waals surface area contributed by atoms with E-state index in [1.165, 1.54) is 23.5 Å². The number of rotatable bonds is 4. The van der Waals surface area contributed by atoms with Gasteiger partial charge in [-0.05, 0) is 23.6 Å². The molecule has 3 nitrogen and oxygen atoms in total. The molecule has 1 amide bonds. The molecule has 3 rings (SSSR count). The molecule has 0 fully saturated rings. The zero-order valence-corrected chi connectivity index (χ0v) is 12.5. The van der Waals surface area contributed by atoms with Crippen molar-refractivity contribution in [3.63, 3.8) is 0 Å². The van der Waals surface area contributed by atoms with Gasteiger partial charge in [0.2, 0.25) is 5.91 Å². The molecule has 0 bridgehead atoms. The average Bonchev–Trinajstić information content (AvgIpc) is 3.10. The minimum Gasteiger partial charge on any atom is -0.302 e. The van der Waals surface area contributed by atoms with Crippen LogP contribution in [0.1, 0.15) is 4.88 Å². The average molecular weight is 318 g/mol. The number of nitrogens with zero attached hydrogens (tertiary/aromatic N) is 1. The zero-order chi connectivity index (χ0) is 14.7. The van der Waals surface area contributed by atoms with Gasteiger partial charge in [-0.25, -0.2) is 9.37 Å². The molecule has 1 N–H and O–H groups in total. The number of anilines is 1. The maximum Gasteiger partial charge on any atom is 0.231 e. The molecular formula is C15H11FN2OS2. The summed E-state index contributed by atoms with van der Waals surface area (Å²) in [5.41, 5.74) is 1.36. The monoisotopic (exact) mass is 318 g/mol. The zero-order valence-electron chi connectivity index (χ0n) is 10.9. The van der Waals surface area contributed by atoms with Crippen LogP contribution in [-0.4, -0.2) is 10.9 Å². The lowest BCUT2D eigenvalue weighted by Gasteiger charge is -1.99. The predicted molar refractivity (Wildman–Crippen MR) is 84.2 cm³/mol. The summed E-state index contributed by atoms with van der Waals surface area (Å²) in [4.78, 5) is 17.2. The van der Waals surface area contributed by atoms with Crippen molar-refractivity contribution in [3.05, 3.63) is 57.9 Å². The number of thiophene rings is 1. The number of hydrogen-bond donors (Lipinski definition) is 1. The molecule has 0 aliphatic rings. The van der Waals surface area contributed by atoms with Gasteiger partial charge in [-0.2, -0.15) is 0 Å². The highest BCUT2D eigenvalue weighted by atomic mass is 32.1. The molecule has 21 heavy (non-hydrogen) atoms. The molecular weight excluding hydrogens is 307 g/mol. The topological polar surface area (TPSA) is 42.0 Å². The quantitative estimate of drug-likeness (QED) is 0.783. The van der Waals surface area contributed by atoms with Crippen molar-refractivity contribution in [1.29, 1.82) is 0 Å². The highest BCUT2D eigenvalue weighted by Crippen LogP contribution is 2.25. The minimum absolute atomic E-state index is 0.0995. The van der Waals surface area contributed by atoms with Crippen molar-refractivity contribution < 1.29 is 9.18 Å². The Balaban J connectivity index is 1.69. The number of amides is 1. The van der Waals surface area contributed by atoms with Crippen LogP contribution in [-0.2, 0) is 11.2 Å². The minimum atomic E-state index is -0.302. The van der Waals surface area contributed by atoms with E-state index in [2.05, 4.69) is 10.3 Å². The van der Waals surface area contributed by atoms with Crippen molar-refractivity contribution in [3.8, 4) is 11.3 Å². The summed E-state index contributed by atoms with van der Waals surface area (Å²) in [6.45, 7) is 0. The smallest absolute Gasteiger partial charge is 0.231 e. The van der Waals surface area contributed by atoms with E-state index < -0.39 is 0 Å². The van der Waals surface area contributed by atoms with E-state index >= 15 is 0 Å². The van der Waals surface area contributed by atoms with Gasteiger partial charge in [-0.1, -0.05) is 18.2 Å². The Morgan fingerprint density at radius 1 is 1.24 bits per heavy atom. The number of thiazole rings is 1. The van der Waals surface area contributed by atoms with Crippen molar-refractivity contribution in [2.75, 3.05) is 5.32 Å². The molecule has 0 saturated heterocycles. The third-order valence-electron chi connectivity index (χ3n) is 2.79. The molecule has 2 aromatic heterocycles. The Labute approximate surface area is 129 Å². The molecule has 0 aliphatic heterocycles. The Bertz CT molecular complexity index is 753. The number of hydrogen-bond acceptors (Lipinski definition) is 4. The summed E-state index contributed by atoms with van der Waals surface area (Å²) in [7, 11) is 0. The SMILES string of the molecule is O=C(Cc1cccs1)Nc1nc(-c2cccc(F)c2)cs1. The van der Waals surface area contributed by atoms with Crippen LogP contribution in [0.15, 0.2) is 47.2 Å². The Morgan fingerprint density at radius 3 is 2.90 bits per heavy atom. The van der Waals surface area contributed by atoms with E-state index in [0.29, 0.717) is 22.8 Å². The Hall–Kier alpha value is -2.05. The number of nitrogens with one attached hydrogen (secondary N) is 1. The molecule has 2 heterocycles. The van der Waals surface area contributed by atoms with E-state index in [1.54, 1.807) is 28.8 Å². The van der Waals surface area contributed by atoms with Gasteiger partial charge in [0.15, 0.2) is 5.13 Å². The third-order valence-corrected chi connectivity index (χ3v) is 4.42. The maximum absolute atomic E-state index is 13.2. The molecule has 6 heteroatoms. The number of benzene rings is 1. The first-order chi connectivity index (χ1) is 10.2. The van der Waals surface area contributed by atoms with Crippen molar-refractivity contribution in [2.45, 2.75) is 6.42 Å². The maximum atomic E-state index is 13.2. The van der Waals surface area contributed by atoms with Crippen LogP contribution < -0.4 is 5.32 Å². The fourth-order valence-corrected chi connectivity index (χ4v) is 3.29. The van der Waals surface area contributed by atoms with Gasteiger partial charge in [0, 0.05) is 15.8 Å². The van der Waals surface area contributed by atoms with Crippen LogP contribution in [0.3, 0.4) is 0 Å².